The fourth-order valence-corrected chi connectivity index (χ4v) is 1.37. The molecule has 2 nitrogen and oxygen atoms in total. The topological polar surface area (TPSA) is 22.1 Å². The molecule has 0 aliphatic rings. The number of pyridine rings is 1. The van der Waals surface area contributed by atoms with Crippen molar-refractivity contribution < 1.29 is 13.5 Å². The van der Waals surface area contributed by atoms with Crippen molar-refractivity contribution in [3.8, 4) is 5.75 Å². The molecule has 1 aromatic heterocycles. The lowest BCUT2D eigenvalue weighted by atomic mass is 10.2. The second-order valence-electron chi connectivity index (χ2n) is 2.75. The van der Waals surface area contributed by atoms with Crippen LogP contribution < -0.4 is 4.74 Å². The molecule has 0 fully saturated rings. The Bertz CT molecular complexity index is 331. The lowest BCUT2D eigenvalue weighted by molar-refractivity contribution is 0.149. The second-order valence-corrected chi connectivity index (χ2v) is 3.01. The third-order valence-corrected chi connectivity index (χ3v) is 2.11. The Morgan fingerprint density at radius 1 is 1.57 bits per heavy atom. The maximum atomic E-state index is 12.5. The van der Waals surface area contributed by atoms with Crippen LogP contribution in [0.5, 0.6) is 5.75 Å². The van der Waals surface area contributed by atoms with Crippen LogP contribution in [0, 0.1) is 6.92 Å². The second kappa shape index (κ2) is 4.55. The van der Waals surface area contributed by atoms with E-state index in [9.17, 15) is 8.78 Å². The van der Waals surface area contributed by atoms with Crippen LogP contribution in [0.2, 0.25) is 0 Å². The van der Waals surface area contributed by atoms with Crippen molar-refractivity contribution in [1.29, 1.82) is 0 Å². The van der Waals surface area contributed by atoms with Crippen LogP contribution in [0.15, 0.2) is 6.07 Å². The molecule has 1 heterocycles. The van der Waals surface area contributed by atoms with Gasteiger partial charge in [0.2, 0.25) is 0 Å². The average molecular weight is 222 g/mol. The molecule has 0 saturated carbocycles. The minimum absolute atomic E-state index is 0.0233. The molecule has 0 bridgehead atoms. The number of rotatable bonds is 3. The van der Waals surface area contributed by atoms with Crippen molar-refractivity contribution in [2.45, 2.75) is 19.2 Å². The minimum Gasteiger partial charge on any atom is -0.495 e. The molecule has 0 aromatic carbocycles. The molecule has 0 aliphatic carbocycles. The third-order valence-electron chi connectivity index (χ3n) is 1.86. The maximum Gasteiger partial charge on any atom is 0.265 e. The summed E-state index contributed by atoms with van der Waals surface area (Å²) in [5, 5.41) is 0. The van der Waals surface area contributed by atoms with Crippen molar-refractivity contribution in [1.82, 2.24) is 4.98 Å². The van der Waals surface area contributed by atoms with E-state index in [4.69, 9.17) is 16.3 Å². The molecule has 1 aromatic rings. The molecular formula is C9H10ClF2NO. The van der Waals surface area contributed by atoms with E-state index in [1.54, 1.807) is 6.92 Å². The first-order chi connectivity index (χ1) is 6.60. The van der Waals surface area contributed by atoms with Crippen LogP contribution in [-0.4, -0.2) is 12.1 Å². The van der Waals surface area contributed by atoms with Gasteiger partial charge in [0.1, 0.15) is 5.75 Å². The zero-order valence-corrected chi connectivity index (χ0v) is 8.61. The molecule has 5 heteroatoms. The van der Waals surface area contributed by atoms with Gasteiger partial charge in [0, 0.05) is 5.56 Å². The van der Waals surface area contributed by atoms with Gasteiger partial charge in [-0.3, -0.25) is 4.98 Å². The Balaban J connectivity index is 3.25. The first-order valence-corrected chi connectivity index (χ1v) is 4.52. The number of aromatic nitrogens is 1. The first-order valence-electron chi connectivity index (χ1n) is 3.98. The van der Waals surface area contributed by atoms with Gasteiger partial charge in [-0.15, -0.1) is 11.6 Å². The summed E-state index contributed by atoms with van der Waals surface area (Å²) in [4.78, 5) is 3.95. The van der Waals surface area contributed by atoms with E-state index in [-0.39, 0.29) is 17.1 Å². The third kappa shape index (κ3) is 2.12. The number of ether oxygens (including phenoxy) is 1. The van der Waals surface area contributed by atoms with E-state index in [2.05, 4.69) is 4.98 Å². The van der Waals surface area contributed by atoms with Gasteiger partial charge < -0.3 is 4.74 Å². The normalized spacial score (nSPS) is 10.7. The van der Waals surface area contributed by atoms with Crippen molar-refractivity contribution in [2.24, 2.45) is 0 Å². The summed E-state index contributed by atoms with van der Waals surface area (Å²) in [6, 6.07) is 1.28. The Labute approximate surface area is 85.9 Å². The quantitative estimate of drug-likeness (QED) is 0.732. The van der Waals surface area contributed by atoms with Crippen LogP contribution in [0.1, 0.15) is 23.4 Å². The van der Waals surface area contributed by atoms with Gasteiger partial charge >= 0.3 is 0 Å². The molecule has 0 unspecified atom stereocenters. The van der Waals surface area contributed by atoms with Gasteiger partial charge in [0.05, 0.1) is 24.4 Å². The van der Waals surface area contributed by atoms with Crippen LogP contribution >= 0.6 is 11.6 Å². The SMILES string of the molecule is COc1cc(C(F)F)c(CCl)nc1C. The molecule has 1 rings (SSSR count). The molecule has 0 aliphatic heterocycles. The predicted molar refractivity (Wildman–Crippen MR) is 50.0 cm³/mol. The van der Waals surface area contributed by atoms with E-state index in [0.717, 1.165) is 0 Å². The Kier molecular flexibility index (Phi) is 3.63. The zero-order chi connectivity index (χ0) is 10.7. The number of aryl methyl sites for hydroxylation is 1. The molecule has 0 amide bonds. The van der Waals surface area contributed by atoms with Gasteiger partial charge in [-0.05, 0) is 13.0 Å². The first kappa shape index (κ1) is 11.2. The Morgan fingerprint density at radius 2 is 2.21 bits per heavy atom. The number of methoxy groups -OCH3 is 1. The lowest BCUT2D eigenvalue weighted by Crippen LogP contribution is -2.01. The van der Waals surface area contributed by atoms with E-state index in [1.807, 2.05) is 0 Å². The summed E-state index contributed by atoms with van der Waals surface area (Å²) in [5.41, 5.74) is 0.606. The number of hydrogen-bond acceptors (Lipinski definition) is 2. The number of nitrogens with zero attached hydrogens (tertiary/aromatic N) is 1. The van der Waals surface area contributed by atoms with Crippen LogP contribution in [0.4, 0.5) is 8.78 Å². The van der Waals surface area contributed by atoms with Gasteiger partial charge in [-0.2, -0.15) is 0 Å². The van der Waals surface area contributed by atoms with Crippen molar-refractivity contribution in [3.05, 3.63) is 23.0 Å². The van der Waals surface area contributed by atoms with Gasteiger partial charge in [0.25, 0.3) is 6.43 Å². The number of alkyl halides is 3. The van der Waals surface area contributed by atoms with E-state index >= 15 is 0 Å². The van der Waals surface area contributed by atoms with E-state index in [1.165, 1.54) is 13.2 Å². The van der Waals surface area contributed by atoms with Gasteiger partial charge in [0.15, 0.2) is 0 Å². The van der Waals surface area contributed by atoms with Gasteiger partial charge in [-0.1, -0.05) is 0 Å². The molecule has 0 spiro atoms. The molecule has 14 heavy (non-hydrogen) atoms. The van der Waals surface area contributed by atoms with Crippen molar-refractivity contribution >= 4 is 11.6 Å². The molecule has 0 atom stereocenters. The van der Waals surface area contributed by atoms with Crippen molar-refractivity contribution in [3.63, 3.8) is 0 Å². The highest BCUT2D eigenvalue weighted by atomic mass is 35.5. The highest BCUT2D eigenvalue weighted by Gasteiger charge is 2.16. The fraction of sp³-hybridized carbons (Fsp3) is 0.444. The Morgan fingerprint density at radius 3 is 2.64 bits per heavy atom. The minimum atomic E-state index is -2.58. The summed E-state index contributed by atoms with van der Waals surface area (Å²) >= 11 is 5.51. The summed E-state index contributed by atoms with van der Waals surface area (Å²) in [6.07, 6.45) is -2.58. The van der Waals surface area contributed by atoms with Crippen LogP contribution in [0.25, 0.3) is 0 Å². The lowest BCUT2D eigenvalue weighted by Gasteiger charge is -2.10. The van der Waals surface area contributed by atoms with E-state index in [0.29, 0.717) is 11.4 Å². The number of hydrogen-bond donors (Lipinski definition) is 0. The summed E-state index contributed by atoms with van der Waals surface area (Å²) in [6.45, 7) is 1.68. The molecule has 0 radical (unpaired) electrons. The zero-order valence-electron chi connectivity index (χ0n) is 7.85. The van der Waals surface area contributed by atoms with Crippen molar-refractivity contribution in [2.75, 3.05) is 7.11 Å². The molecular weight excluding hydrogens is 212 g/mol. The highest BCUT2D eigenvalue weighted by Crippen LogP contribution is 2.28. The standard InChI is InChI=1S/C9H10ClF2NO/c1-5-8(14-2)3-6(9(11)12)7(4-10)13-5/h3,9H,4H2,1-2H3. The van der Waals surface area contributed by atoms with Gasteiger partial charge in [-0.25, -0.2) is 8.78 Å². The average Bonchev–Trinajstić information content (AvgIpc) is 2.16. The fourth-order valence-electron chi connectivity index (χ4n) is 1.15. The van der Waals surface area contributed by atoms with Crippen LogP contribution in [0.3, 0.4) is 0 Å². The van der Waals surface area contributed by atoms with Crippen LogP contribution in [-0.2, 0) is 5.88 Å². The smallest absolute Gasteiger partial charge is 0.265 e. The maximum absolute atomic E-state index is 12.5. The molecule has 78 valence electrons. The monoisotopic (exact) mass is 221 g/mol. The molecule has 0 saturated heterocycles. The molecule has 0 N–H and O–H groups in total. The largest absolute Gasteiger partial charge is 0.495 e. The number of halogens is 3. The van der Waals surface area contributed by atoms with E-state index < -0.39 is 6.43 Å². The highest BCUT2D eigenvalue weighted by molar-refractivity contribution is 6.17. The Hall–Kier alpha value is -0.900. The predicted octanol–water partition coefficient (Wildman–Crippen LogP) is 3.08. The summed E-state index contributed by atoms with van der Waals surface area (Å²) in [5.74, 6) is 0.332. The summed E-state index contributed by atoms with van der Waals surface area (Å²) < 4.78 is 29.9. The summed E-state index contributed by atoms with van der Waals surface area (Å²) in [7, 11) is 1.42.